The zero-order valence-corrected chi connectivity index (χ0v) is 19.4. The molecular weight excluding hydrogens is 473 g/mol. The van der Waals surface area contributed by atoms with Crippen LogP contribution in [0.1, 0.15) is 16.7 Å². The maximum atomic E-state index is 13.8. The summed E-state index contributed by atoms with van der Waals surface area (Å²) in [5.41, 5.74) is 2.97. The second-order valence-corrected chi connectivity index (χ2v) is 8.41. The van der Waals surface area contributed by atoms with Gasteiger partial charge in [-0.05, 0) is 35.9 Å². The van der Waals surface area contributed by atoms with Gasteiger partial charge in [-0.25, -0.2) is 14.1 Å². The molecule has 9 heteroatoms. The molecule has 0 aliphatic carbocycles. The number of carbonyl (C=O) groups is 3. The Morgan fingerprint density at radius 1 is 1.03 bits per heavy atom. The standard InChI is InChI=1S/C28H20FN5O3/c29-22-10-4-5-11-23(22)31-26(35)17-34-27(36)24(32-28(34)37)13-20-16-33(25-12-6-3-9-21(20)25)15-19-8-2-1-7-18(19)14-30/h1-13,16H,15,17H2,(H,31,35)(H,32,37)/b24-13+. The van der Waals surface area contributed by atoms with E-state index in [1.807, 2.05) is 53.2 Å². The Bertz CT molecular complexity index is 1630. The molecule has 1 aromatic heterocycles. The van der Waals surface area contributed by atoms with Crippen molar-refractivity contribution < 1.29 is 18.8 Å². The van der Waals surface area contributed by atoms with Crippen LogP contribution in [0.25, 0.3) is 17.0 Å². The van der Waals surface area contributed by atoms with Crippen molar-refractivity contribution in [1.29, 1.82) is 5.26 Å². The number of hydrogen-bond acceptors (Lipinski definition) is 4. The van der Waals surface area contributed by atoms with E-state index in [9.17, 15) is 24.0 Å². The SMILES string of the molecule is N#Cc1ccccc1Cn1cc(/C=C2/NC(=O)N(CC(=O)Nc3ccccc3F)C2=O)c2ccccc21. The summed E-state index contributed by atoms with van der Waals surface area (Å²) < 4.78 is 15.8. The topological polar surface area (TPSA) is 107 Å². The Labute approximate surface area is 211 Å². The summed E-state index contributed by atoms with van der Waals surface area (Å²) in [7, 11) is 0. The predicted octanol–water partition coefficient (Wildman–Crippen LogP) is 4.23. The first kappa shape index (κ1) is 23.5. The number of rotatable bonds is 6. The van der Waals surface area contributed by atoms with Crippen molar-refractivity contribution in [2.45, 2.75) is 6.54 Å². The number of fused-ring (bicyclic) bond motifs is 1. The number of anilines is 1. The summed E-state index contributed by atoms with van der Waals surface area (Å²) in [5.74, 6) is -2.00. The molecule has 0 spiro atoms. The van der Waals surface area contributed by atoms with Crippen LogP contribution in [0.3, 0.4) is 0 Å². The molecule has 37 heavy (non-hydrogen) atoms. The van der Waals surface area contributed by atoms with Crippen LogP contribution in [-0.2, 0) is 16.1 Å². The van der Waals surface area contributed by atoms with Gasteiger partial charge in [-0.2, -0.15) is 5.26 Å². The number of nitrogens with zero attached hydrogens (tertiary/aromatic N) is 3. The molecule has 5 rings (SSSR count). The number of nitrogens with one attached hydrogen (secondary N) is 2. The van der Waals surface area contributed by atoms with Crippen LogP contribution in [0.15, 0.2) is 84.7 Å². The third-order valence-electron chi connectivity index (χ3n) is 6.01. The highest BCUT2D eigenvalue weighted by atomic mass is 19.1. The number of carbonyl (C=O) groups excluding carboxylic acids is 3. The zero-order chi connectivity index (χ0) is 25.9. The Hall–Kier alpha value is -5.23. The van der Waals surface area contributed by atoms with Crippen LogP contribution in [0.5, 0.6) is 0 Å². The van der Waals surface area contributed by atoms with Crippen LogP contribution in [0.2, 0.25) is 0 Å². The van der Waals surface area contributed by atoms with E-state index in [0.29, 0.717) is 17.7 Å². The molecule has 2 N–H and O–H groups in total. The Balaban J connectivity index is 1.40. The lowest BCUT2D eigenvalue weighted by Gasteiger charge is -2.12. The van der Waals surface area contributed by atoms with Gasteiger partial charge >= 0.3 is 6.03 Å². The average molecular weight is 493 g/mol. The fraction of sp³-hybridized carbons (Fsp3) is 0.0714. The number of imide groups is 1. The maximum Gasteiger partial charge on any atom is 0.329 e. The van der Waals surface area contributed by atoms with E-state index in [2.05, 4.69) is 16.7 Å². The molecule has 0 atom stereocenters. The minimum Gasteiger partial charge on any atom is -0.342 e. The van der Waals surface area contributed by atoms with E-state index in [-0.39, 0.29) is 11.4 Å². The van der Waals surface area contributed by atoms with Crippen molar-refractivity contribution >= 4 is 40.5 Å². The largest absolute Gasteiger partial charge is 0.342 e. The summed E-state index contributed by atoms with van der Waals surface area (Å²) in [6, 6.07) is 22.0. The molecule has 1 fully saturated rings. The van der Waals surface area contributed by atoms with Crippen LogP contribution in [-0.4, -0.2) is 33.9 Å². The molecule has 4 aromatic rings. The maximum absolute atomic E-state index is 13.8. The molecule has 1 aliphatic heterocycles. The average Bonchev–Trinajstić information content (AvgIpc) is 3.37. The van der Waals surface area contributed by atoms with E-state index >= 15 is 0 Å². The summed E-state index contributed by atoms with van der Waals surface area (Å²) >= 11 is 0. The highest BCUT2D eigenvalue weighted by molar-refractivity contribution is 6.16. The van der Waals surface area contributed by atoms with E-state index < -0.39 is 30.2 Å². The molecule has 0 unspecified atom stereocenters. The van der Waals surface area contributed by atoms with Gasteiger partial charge in [-0.3, -0.25) is 9.59 Å². The van der Waals surface area contributed by atoms with Crippen LogP contribution >= 0.6 is 0 Å². The van der Waals surface area contributed by atoms with Crippen LogP contribution in [0, 0.1) is 17.1 Å². The lowest BCUT2D eigenvalue weighted by atomic mass is 10.1. The lowest BCUT2D eigenvalue weighted by Crippen LogP contribution is -2.38. The normalized spacial score (nSPS) is 14.2. The molecule has 1 aliphatic rings. The third kappa shape index (κ3) is 4.68. The molecule has 0 bridgehead atoms. The first-order chi connectivity index (χ1) is 17.9. The summed E-state index contributed by atoms with van der Waals surface area (Å²) in [6.07, 6.45) is 3.41. The first-order valence-corrected chi connectivity index (χ1v) is 11.4. The van der Waals surface area contributed by atoms with Crippen molar-refractivity contribution in [2.24, 2.45) is 0 Å². The monoisotopic (exact) mass is 493 g/mol. The van der Waals surface area contributed by atoms with Gasteiger partial charge < -0.3 is 15.2 Å². The molecule has 4 amide bonds. The van der Waals surface area contributed by atoms with Crippen molar-refractivity contribution in [3.63, 3.8) is 0 Å². The summed E-state index contributed by atoms with van der Waals surface area (Å²) in [4.78, 5) is 38.6. The number of benzene rings is 3. The van der Waals surface area contributed by atoms with E-state index in [1.54, 1.807) is 18.2 Å². The van der Waals surface area contributed by atoms with Gasteiger partial charge in [-0.15, -0.1) is 0 Å². The van der Waals surface area contributed by atoms with E-state index in [0.717, 1.165) is 21.4 Å². The highest BCUT2D eigenvalue weighted by Gasteiger charge is 2.35. The van der Waals surface area contributed by atoms with Gasteiger partial charge in [0.2, 0.25) is 5.91 Å². The van der Waals surface area contributed by atoms with Crippen LogP contribution in [0.4, 0.5) is 14.9 Å². The second kappa shape index (κ2) is 9.79. The van der Waals surface area contributed by atoms with Crippen molar-refractivity contribution in [3.8, 4) is 6.07 Å². The number of para-hydroxylation sites is 2. The fourth-order valence-corrected chi connectivity index (χ4v) is 4.24. The van der Waals surface area contributed by atoms with Gasteiger partial charge in [-0.1, -0.05) is 48.5 Å². The number of hydrogen-bond donors (Lipinski definition) is 2. The smallest absolute Gasteiger partial charge is 0.329 e. The minimum absolute atomic E-state index is 0.0176. The molecule has 2 heterocycles. The van der Waals surface area contributed by atoms with Gasteiger partial charge in [0.1, 0.15) is 18.1 Å². The number of aromatic nitrogens is 1. The number of halogens is 1. The third-order valence-corrected chi connectivity index (χ3v) is 6.01. The van der Waals surface area contributed by atoms with Gasteiger partial charge in [0.05, 0.1) is 17.3 Å². The summed E-state index contributed by atoms with van der Waals surface area (Å²) in [6.45, 7) is -0.126. The Kier molecular flexibility index (Phi) is 6.22. The Morgan fingerprint density at radius 3 is 2.57 bits per heavy atom. The minimum atomic E-state index is -0.744. The fourth-order valence-electron chi connectivity index (χ4n) is 4.24. The van der Waals surface area contributed by atoms with Gasteiger partial charge in [0.25, 0.3) is 5.91 Å². The lowest BCUT2D eigenvalue weighted by molar-refractivity contribution is -0.127. The van der Waals surface area contributed by atoms with Crippen molar-refractivity contribution in [2.75, 3.05) is 11.9 Å². The quantitative estimate of drug-likeness (QED) is 0.310. The molecule has 182 valence electrons. The van der Waals surface area contributed by atoms with Crippen molar-refractivity contribution in [3.05, 3.63) is 107 Å². The first-order valence-electron chi connectivity index (χ1n) is 11.4. The van der Waals surface area contributed by atoms with Crippen molar-refractivity contribution in [1.82, 2.24) is 14.8 Å². The summed E-state index contributed by atoms with van der Waals surface area (Å²) in [5, 5.41) is 15.2. The van der Waals surface area contributed by atoms with E-state index in [4.69, 9.17) is 0 Å². The molecule has 3 aromatic carbocycles. The predicted molar refractivity (Wildman–Crippen MR) is 135 cm³/mol. The second-order valence-electron chi connectivity index (χ2n) is 8.41. The van der Waals surface area contributed by atoms with E-state index in [1.165, 1.54) is 18.2 Å². The Morgan fingerprint density at radius 2 is 1.76 bits per heavy atom. The number of urea groups is 1. The highest BCUT2D eigenvalue weighted by Crippen LogP contribution is 2.26. The number of amides is 4. The van der Waals surface area contributed by atoms with Gasteiger partial charge in [0.15, 0.2) is 0 Å². The molecular formula is C28H20FN5O3. The number of nitriles is 1. The van der Waals surface area contributed by atoms with Gasteiger partial charge in [0, 0.05) is 29.2 Å². The zero-order valence-electron chi connectivity index (χ0n) is 19.4. The molecule has 8 nitrogen and oxygen atoms in total. The molecule has 0 radical (unpaired) electrons. The van der Waals surface area contributed by atoms with Crippen LogP contribution < -0.4 is 10.6 Å². The molecule has 1 saturated heterocycles. The molecule has 0 saturated carbocycles.